The quantitative estimate of drug-likeness (QED) is 0.699. The standard InChI is InChI=1S/C21H26N4O2S/c1-24(17-9-11-19(27-2)12-10-17)15-13-22-21(28)23-16-5-7-18(8-6-16)25-14-3-4-20(25)26/h5-12H,3-4,13-15H2,1-2H3,(H2,22,23,28). The minimum atomic E-state index is 0.193. The minimum absolute atomic E-state index is 0.193. The molecule has 1 aliphatic heterocycles. The fourth-order valence-electron chi connectivity index (χ4n) is 3.12. The van der Waals surface area contributed by atoms with Gasteiger partial charge in [0, 0.05) is 50.2 Å². The summed E-state index contributed by atoms with van der Waals surface area (Å²) in [6.07, 6.45) is 1.57. The van der Waals surface area contributed by atoms with E-state index in [1.54, 1.807) is 7.11 Å². The number of hydrogen-bond acceptors (Lipinski definition) is 4. The summed E-state index contributed by atoms with van der Waals surface area (Å²) in [6, 6.07) is 15.7. The molecule has 0 radical (unpaired) electrons. The molecule has 1 saturated heterocycles. The number of rotatable bonds is 7. The maximum atomic E-state index is 11.8. The normalized spacial score (nSPS) is 13.4. The van der Waals surface area contributed by atoms with E-state index in [0.29, 0.717) is 18.1 Å². The number of benzene rings is 2. The molecule has 2 N–H and O–H groups in total. The summed E-state index contributed by atoms with van der Waals surface area (Å²) in [7, 11) is 3.70. The number of anilines is 3. The van der Waals surface area contributed by atoms with E-state index in [1.165, 1.54) is 0 Å². The summed E-state index contributed by atoms with van der Waals surface area (Å²) in [4.78, 5) is 15.8. The van der Waals surface area contributed by atoms with Crippen LogP contribution in [0, 0.1) is 0 Å². The topological polar surface area (TPSA) is 56.8 Å². The summed E-state index contributed by atoms with van der Waals surface area (Å²) in [5, 5.41) is 6.98. The Kier molecular flexibility index (Phi) is 6.71. The van der Waals surface area contributed by atoms with Crippen molar-refractivity contribution < 1.29 is 9.53 Å². The third-order valence-electron chi connectivity index (χ3n) is 4.76. The highest BCUT2D eigenvalue weighted by molar-refractivity contribution is 7.80. The molecule has 6 nitrogen and oxygen atoms in total. The minimum Gasteiger partial charge on any atom is -0.497 e. The van der Waals surface area contributed by atoms with Crippen molar-refractivity contribution in [3.63, 3.8) is 0 Å². The van der Waals surface area contributed by atoms with Crippen LogP contribution >= 0.6 is 12.2 Å². The molecule has 1 amide bonds. The Morgan fingerprint density at radius 3 is 2.50 bits per heavy atom. The lowest BCUT2D eigenvalue weighted by Crippen LogP contribution is -2.35. The van der Waals surface area contributed by atoms with Crippen molar-refractivity contribution >= 4 is 40.3 Å². The predicted molar refractivity (Wildman–Crippen MR) is 119 cm³/mol. The summed E-state index contributed by atoms with van der Waals surface area (Å²) < 4.78 is 5.18. The maximum Gasteiger partial charge on any atom is 0.227 e. The molecule has 0 spiro atoms. The van der Waals surface area contributed by atoms with Crippen LogP contribution < -0.4 is 25.2 Å². The van der Waals surface area contributed by atoms with Gasteiger partial charge in [-0.2, -0.15) is 0 Å². The summed E-state index contributed by atoms with van der Waals surface area (Å²) >= 11 is 5.37. The highest BCUT2D eigenvalue weighted by Gasteiger charge is 2.21. The number of ether oxygens (including phenoxy) is 1. The third-order valence-corrected chi connectivity index (χ3v) is 5.00. The molecular weight excluding hydrogens is 372 g/mol. The second-order valence-electron chi connectivity index (χ2n) is 6.70. The first-order valence-electron chi connectivity index (χ1n) is 9.37. The van der Waals surface area contributed by atoms with Gasteiger partial charge >= 0.3 is 0 Å². The summed E-state index contributed by atoms with van der Waals surface area (Å²) in [5.41, 5.74) is 2.96. The zero-order chi connectivity index (χ0) is 19.9. The van der Waals surface area contributed by atoms with Gasteiger partial charge in [0.1, 0.15) is 5.75 Å². The largest absolute Gasteiger partial charge is 0.497 e. The number of carbonyl (C=O) groups excluding carboxylic acids is 1. The van der Waals surface area contributed by atoms with Crippen LogP contribution in [0.2, 0.25) is 0 Å². The zero-order valence-electron chi connectivity index (χ0n) is 16.3. The molecule has 0 saturated carbocycles. The lowest BCUT2D eigenvalue weighted by molar-refractivity contribution is -0.117. The van der Waals surface area contributed by atoms with E-state index in [0.717, 1.165) is 42.3 Å². The average Bonchev–Trinajstić information content (AvgIpc) is 3.14. The zero-order valence-corrected chi connectivity index (χ0v) is 17.1. The monoisotopic (exact) mass is 398 g/mol. The fourth-order valence-corrected chi connectivity index (χ4v) is 3.34. The molecule has 0 bridgehead atoms. The Morgan fingerprint density at radius 2 is 1.89 bits per heavy atom. The highest BCUT2D eigenvalue weighted by Crippen LogP contribution is 2.23. The number of nitrogens with zero attached hydrogens (tertiary/aromatic N) is 2. The van der Waals surface area contributed by atoms with E-state index >= 15 is 0 Å². The van der Waals surface area contributed by atoms with E-state index < -0.39 is 0 Å². The number of hydrogen-bond donors (Lipinski definition) is 2. The molecule has 0 aliphatic carbocycles. The first-order chi connectivity index (χ1) is 13.6. The SMILES string of the molecule is COc1ccc(N(C)CCNC(=S)Nc2ccc(N3CCCC3=O)cc2)cc1. The van der Waals surface area contributed by atoms with Crippen molar-refractivity contribution in [1.29, 1.82) is 0 Å². The molecular formula is C21H26N4O2S. The predicted octanol–water partition coefficient (Wildman–Crippen LogP) is 3.24. The van der Waals surface area contributed by atoms with Gasteiger partial charge in [-0.3, -0.25) is 4.79 Å². The van der Waals surface area contributed by atoms with Crippen LogP contribution in [0.1, 0.15) is 12.8 Å². The first kappa shape index (κ1) is 19.9. The molecule has 0 aromatic heterocycles. The molecule has 1 heterocycles. The molecule has 7 heteroatoms. The number of nitrogens with one attached hydrogen (secondary N) is 2. The molecule has 1 aliphatic rings. The molecule has 28 heavy (non-hydrogen) atoms. The van der Waals surface area contributed by atoms with Gasteiger partial charge in [0.2, 0.25) is 5.91 Å². The fraction of sp³-hybridized carbons (Fsp3) is 0.333. The van der Waals surface area contributed by atoms with Crippen LogP contribution in [0.15, 0.2) is 48.5 Å². The number of amides is 1. The van der Waals surface area contributed by atoms with Crippen molar-refractivity contribution in [3.05, 3.63) is 48.5 Å². The maximum absolute atomic E-state index is 11.8. The average molecular weight is 399 g/mol. The van der Waals surface area contributed by atoms with Crippen molar-refractivity contribution in [2.75, 3.05) is 48.9 Å². The molecule has 0 unspecified atom stereocenters. The van der Waals surface area contributed by atoms with Crippen LogP contribution in [-0.4, -0.2) is 44.8 Å². The Balaban J connectivity index is 1.43. The van der Waals surface area contributed by atoms with Gasteiger partial charge in [0.05, 0.1) is 7.11 Å². The second kappa shape index (κ2) is 9.41. The van der Waals surface area contributed by atoms with E-state index in [-0.39, 0.29) is 5.91 Å². The third kappa shape index (κ3) is 5.13. The molecule has 0 atom stereocenters. The molecule has 2 aromatic rings. The molecule has 1 fully saturated rings. The lowest BCUT2D eigenvalue weighted by atomic mass is 10.2. The summed E-state index contributed by atoms with van der Waals surface area (Å²) in [5.74, 6) is 1.04. The van der Waals surface area contributed by atoms with E-state index in [4.69, 9.17) is 17.0 Å². The first-order valence-corrected chi connectivity index (χ1v) is 9.78. The Hall–Kier alpha value is -2.80. The van der Waals surface area contributed by atoms with Crippen LogP contribution in [0.4, 0.5) is 17.1 Å². The van der Waals surface area contributed by atoms with E-state index in [9.17, 15) is 4.79 Å². The number of methoxy groups -OCH3 is 1. The number of thiocarbonyl (C=S) groups is 1. The van der Waals surface area contributed by atoms with Gasteiger partial charge in [0.25, 0.3) is 0 Å². The van der Waals surface area contributed by atoms with Crippen LogP contribution in [0.3, 0.4) is 0 Å². The Labute approximate surface area is 171 Å². The molecule has 148 valence electrons. The highest BCUT2D eigenvalue weighted by atomic mass is 32.1. The molecule has 2 aromatic carbocycles. The van der Waals surface area contributed by atoms with Crippen LogP contribution in [0.5, 0.6) is 5.75 Å². The van der Waals surface area contributed by atoms with E-state index in [1.807, 2.05) is 60.5 Å². The van der Waals surface area contributed by atoms with E-state index in [2.05, 4.69) is 15.5 Å². The number of carbonyl (C=O) groups is 1. The number of likely N-dealkylation sites (N-methyl/N-ethyl adjacent to an activating group) is 1. The molecule has 3 rings (SSSR count). The van der Waals surface area contributed by atoms with Gasteiger partial charge in [-0.15, -0.1) is 0 Å². The Bertz CT molecular complexity index is 808. The second-order valence-corrected chi connectivity index (χ2v) is 7.10. The van der Waals surface area contributed by atoms with Gasteiger partial charge in [-0.1, -0.05) is 0 Å². The van der Waals surface area contributed by atoms with Gasteiger partial charge in [-0.25, -0.2) is 0 Å². The van der Waals surface area contributed by atoms with Gasteiger partial charge in [-0.05, 0) is 67.2 Å². The van der Waals surface area contributed by atoms with Gasteiger partial charge < -0.3 is 25.2 Å². The Morgan fingerprint density at radius 1 is 1.18 bits per heavy atom. The van der Waals surface area contributed by atoms with Crippen molar-refractivity contribution in [1.82, 2.24) is 5.32 Å². The summed E-state index contributed by atoms with van der Waals surface area (Å²) in [6.45, 7) is 2.33. The smallest absolute Gasteiger partial charge is 0.227 e. The lowest BCUT2D eigenvalue weighted by Gasteiger charge is -2.20. The van der Waals surface area contributed by atoms with Crippen molar-refractivity contribution in [2.45, 2.75) is 12.8 Å². The van der Waals surface area contributed by atoms with Gasteiger partial charge in [0.15, 0.2) is 5.11 Å². The van der Waals surface area contributed by atoms with Crippen molar-refractivity contribution in [3.8, 4) is 5.75 Å². The van der Waals surface area contributed by atoms with Crippen LogP contribution in [0.25, 0.3) is 0 Å². The van der Waals surface area contributed by atoms with Crippen molar-refractivity contribution in [2.24, 2.45) is 0 Å². The van der Waals surface area contributed by atoms with Crippen LogP contribution in [-0.2, 0) is 4.79 Å².